The second-order valence-electron chi connectivity index (χ2n) is 22.5. The van der Waals surface area contributed by atoms with Crippen LogP contribution < -0.4 is 0 Å². The summed E-state index contributed by atoms with van der Waals surface area (Å²) in [4.78, 5) is 8.44. The van der Waals surface area contributed by atoms with Crippen LogP contribution in [0.4, 0.5) is 84.7 Å². The van der Waals surface area contributed by atoms with Crippen molar-refractivity contribution in [3.05, 3.63) is 237 Å². The van der Waals surface area contributed by atoms with Crippen LogP contribution in [0, 0.1) is 34.3 Å². The van der Waals surface area contributed by atoms with Gasteiger partial charge >= 0.3 is 37.1 Å². The summed E-state index contributed by atoms with van der Waals surface area (Å²) >= 11 is 0. The van der Waals surface area contributed by atoms with E-state index in [0.29, 0.717) is 41.2 Å². The Balaban J connectivity index is 1.22. The highest BCUT2D eigenvalue weighted by Crippen LogP contribution is 2.49. The van der Waals surface area contributed by atoms with E-state index < -0.39 is 81.6 Å². The molecule has 0 N–H and O–H groups in total. The zero-order valence-corrected chi connectivity index (χ0v) is 47.8. The van der Waals surface area contributed by atoms with Crippen LogP contribution in [0.3, 0.4) is 0 Å². The Labute approximate surface area is 509 Å². The summed E-state index contributed by atoms with van der Waals surface area (Å²) < 4.78 is 263. The Morgan fingerprint density at radius 1 is 0.293 bits per heavy atom. The van der Waals surface area contributed by atoms with E-state index in [2.05, 4.69) is 9.83 Å². The van der Waals surface area contributed by atoms with Crippen molar-refractivity contribution in [2.24, 2.45) is 0 Å². The van der Waals surface area contributed by atoms with Crippen LogP contribution >= 0.6 is 0 Å². The maximum atomic E-state index is 14.4. The van der Waals surface area contributed by atoms with Crippen LogP contribution in [-0.4, -0.2) is 14.1 Å². The van der Waals surface area contributed by atoms with Crippen molar-refractivity contribution >= 4 is 49.3 Å². The van der Waals surface area contributed by atoms with Crippen molar-refractivity contribution in [3.8, 4) is 67.0 Å². The van der Waals surface area contributed by atoms with E-state index in [1.807, 2.05) is 0 Å². The lowest BCUT2D eigenvalue weighted by Gasteiger charge is -2.20. The van der Waals surface area contributed by atoms with E-state index in [-0.39, 0.29) is 123 Å². The standard InChI is InChI=1S/C70H40F18N4/c1-34-14-42(20-47(16-34)65(71,72)73)38-6-10-59-54(26-38)56-28-40(44-22-49(67(77,78)79)30-50(23-44)68(80,81)82)8-12-60(56)91(59)63-32-53(46-18-36(3)90-37(4)19-46)58(89-5)33-64(63)92-61-11-7-39(43-15-35(2)17-48(21-43)66(74,75)76)27-55(61)57-29-41(9-13-62(57)92)45-24-51(69(83,84)85)31-52(25-45)70(86,87)88/h6-33H,1-4H3. The third-order valence-corrected chi connectivity index (χ3v) is 15.9. The van der Waals surface area contributed by atoms with Crippen LogP contribution in [0.15, 0.2) is 170 Å². The highest BCUT2D eigenvalue weighted by Gasteiger charge is 2.40. The molecule has 9 aromatic carbocycles. The largest absolute Gasteiger partial charge is 0.416 e. The number of nitrogens with zero attached hydrogens (tertiary/aromatic N) is 4. The van der Waals surface area contributed by atoms with Gasteiger partial charge in [-0.25, -0.2) is 4.85 Å². The average molecular weight is 1280 g/mol. The first kappa shape index (κ1) is 62.2. The number of alkyl halides is 18. The van der Waals surface area contributed by atoms with Crippen molar-refractivity contribution in [3.63, 3.8) is 0 Å². The summed E-state index contributed by atoms with van der Waals surface area (Å²) in [5, 5.41) is 0.644. The lowest BCUT2D eigenvalue weighted by molar-refractivity contribution is -0.144. The smallest absolute Gasteiger partial charge is 0.308 e. The molecule has 12 rings (SSSR count). The van der Waals surface area contributed by atoms with Gasteiger partial charge in [0.25, 0.3) is 0 Å². The molecule has 92 heavy (non-hydrogen) atoms. The lowest BCUT2D eigenvalue weighted by Crippen LogP contribution is -2.11. The number of rotatable bonds is 7. The summed E-state index contributed by atoms with van der Waals surface area (Å²) in [5.41, 5.74) is -6.17. The third-order valence-electron chi connectivity index (χ3n) is 15.9. The van der Waals surface area contributed by atoms with Crippen molar-refractivity contribution in [1.29, 1.82) is 0 Å². The number of fused-ring (bicyclic) bond motifs is 6. The van der Waals surface area contributed by atoms with Gasteiger partial charge in [-0.1, -0.05) is 36.4 Å². The monoisotopic (exact) mass is 1280 g/mol. The molecule has 12 aromatic rings. The Hall–Kier alpha value is -10.0. The van der Waals surface area contributed by atoms with Gasteiger partial charge in [-0.2, -0.15) is 79.0 Å². The van der Waals surface area contributed by atoms with E-state index in [1.165, 1.54) is 105 Å². The molecule has 0 atom stereocenters. The highest BCUT2D eigenvalue weighted by molar-refractivity contribution is 6.14. The molecule has 0 fully saturated rings. The van der Waals surface area contributed by atoms with E-state index in [9.17, 15) is 79.0 Å². The Bertz CT molecular complexity index is 4990. The summed E-state index contributed by atoms with van der Waals surface area (Å²) in [6, 6.07) is 32.1. The molecule has 0 radical (unpaired) electrons. The summed E-state index contributed by atoms with van der Waals surface area (Å²) in [6.45, 7) is 14.9. The molecular formula is C70H40F18N4. The minimum Gasteiger partial charge on any atom is -0.308 e. The third kappa shape index (κ3) is 11.5. The SMILES string of the molecule is [C-]#[N+]c1cc(-n2c3ccc(-c4cc(C)cc(C(F)(F)F)c4)cc3c3cc(-c4cc(C(F)(F)F)cc(C(F)(F)F)c4)ccc32)c(-n2c3ccc(-c4cc(C)cc(C(F)(F)F)c4)cc3c3cc(-c4cc(C(F)(F)F)cc(C(F)(F)F)c4)ccc32)cc1-c1cc(C)nc(C)c1. The number of halogens is 18. The van der Waals surface area contributed by atoms with Crippen LogP contribution in [0.5, 0.6) is 0 Å². The molecule has 22 heteroatoms. The first-order chi connectivity index (χ1) is 42.9. The van der Waals surface area contributed by atoms with E-state index in [4.69, 9.17) is 6.57 Å². The Kier molecular flexibility index (Phi) is 14.6. The van der Waals surface area contributed by atoms with Gasteiger partial charge in [0.1, 0.15) is 0 Å². The van der Waals surface area contributed by atoms with E-state index in [1.54, 1.807) is 41.2 Å². The minimum absolute atomic E-state index is 0.0182. The zero-order valence-electron chi connectivity index (χ0n) is 47.8. The van der Waals surface area contributed by atoms with E-state index >= 15 is 0 Å². The number of benzene rings is 9. The Morgan fingerprint density at radius 3 is 0.848 bits per heavy atom. The molecule has 0 amide bonds. The maximum Gasteiger partial charge on any atom is 0.416 e. The highest BCUT2D eigenvalue weighted by atomic mass is 19.4. The molecule has 466 valence electrons. The topological polar surface area (TPSA) is 27.1 Å². The summed E-state index contributed by atoms with van der Waals surface area (Å²) in [7, 11) is 0. The number of hydrogen-bond acceptors (Lipinski definition) is 1. The predicted molar refractivity (Wildman–Crippen MR) is 315 cm³/mol. The quantitative estimate of drug-likeness (QED) is 0.115. The molecule has 0 aliphatic rings. The fraction of sp³-hybridized carbons (Fsp3) is 0.143. The number of aryl methyl sites for hydroxylation is 4. The molecule has 0 spiro atoms. The Morgan fingerprint density at radius 2 is 0.565 bits per heavy atom. The van der Waals surface area contributed by atoms with Gasteiger partial charge in [0, 0.05) is 32.9 Å². The number of hydrogen-bond donors (Lipinski definition) is 0. The second kappa shape index (κ2) is 21.6. The molecule has 0 unspecified atom stereocenters. The normalized spacial score (nSPS) is 12.9. The van der Waals surface area contributed by atoms with E-state index in [0.717, 1.165) is 24.3 Å². The lowest BCUT2D eigenvalue weighted by atomic mass is 9.96. The molecule has 0 bridgehead atoms. The van der Waals surface area contributed by atoms with Crippen LogP contribution in [0.2, 0.25) is 0 Å². The van der Waals surface area contributed by atoms with Crippen LogP contribution in [0.25, 0.3) is 115 Å². The average Bonchev–Trinajstić information content (AvgIpc) is 1.55. The zero-order chi connectivity index (χ0) is 66.3. The molecule has 3 aromatic heterocycles. The fourth-order valence-electron chi connectivity index (χ4n) is 12.0. The van der Waals surface area contributed by atoms with Crippen molar-refractivity contribution in [2.75, 3.05) is 0 Å². The van der Waals surface area contributed by atoms with Gasteiger partial charge < -0.3 is 9.13 Å². The van der Waals surface area contributed by atoms with Crippen LogP contribution in [-0.2, 0) is 37.1 Å². The van der Waals surface area contributed by atoms with Crippen molar-refractivity contribution in [1.82, 2.24) is 14.1 Å². The van der Waals surface area contributed by atoms with Gasteiger partial charge in [0.15, 0.2) is 5.69 Å². The first-order valence-corrected chi connectivity index (χ1v) is 27.6. The summed E-state index contributed by atoms with van der Waals surface area (Å²) in [5.74, 6) is 0. The fourth-order valence-corrected chi connectivity index (χ4v) is 12.0. The number of aromatic nitrogens is 3. The number of pyridine rings is 1. The molecule has 0 saturated carbocycles. The molecule has 4 nitrogen and oxygen atoms in total. The van der Waals surface area contributed by atoms with Crippen molar-refractivity contribution in [2.45, 2.75) is 64.8 Å². The van der Waals surface area contributed by atoms with Gasteiger partial charge in [-0.05, 0) is 228 Å². The van der Waals surface area contributed by atoms with Gasteiger partial charge in [0.05, 0.1) is 73.4 Å². The molecule has 0 aliphatic heterocycles. The molecule has 0 saturated heterocycles. The van der Waals surface area contributed by atoms with Crippen LogP contribution in [0.1, 0.15) is 55.9 Å². The van der Waals surface area contributed by atoms with Crippen molar-refractivity contribution < 1.29 is 79.0 Å². The molecular weight excluding hydrogens is 1240 g/mol. The molecule has 3 heterocycles. The summed E-state index contributed by atoms with van der Waals surface area (Å²) in [6.07, 6.45) is -30.6. The molecule has 0 aliphatic carbocycles. The second-order valence-corrected chi connectivity index (χ2v) is 22.5. The minimum atomic E-state index is -5.26. The van der Waals surface area contributed by atoms with Gasteiger partial charge in [0.2, 0.25) is 0 Å². The van der Waals surface area contributed by atoms with Gasteiger partial charge in [-0.15, -0.1) is 0 Å². The predicted octanol–water partition coefficient (Wildman–Crippen LogP) is 23.5. The maximum absolute atomic E-state index is 14.4. The van der Waals surface area contributed by atoms with Gasteiger partial charge in [-0.3, -0.25) is 4.98 Å². The first-order valence-electron chi connectivity index (χ1n) is 27.6.